The Hall–Kier alpha value is -4.27. The average Bonchev–Trinajstić information content (AvgIpc) is 2.90. The van der Waals surface area contributed by atoms with Crippen molar-refractivity contribution < 1.29 is 45.2 Å². The number of amides is 1. The number of nitrogens with two attached hydrogens (primary N) is 1. The van der Waals surface area contributed by atoms with Gasteiger partial charge in [-0.2, -0.15) is 5.23 Å². The number of nitrogens with one attached hydrogen (secondary N) is 1. The van der Waals surface area contributed by atoms with Crippen molar-refractivity contribution in [3.8, 4) is 16.9 Å². The van der Waals surface area contributed by atoms with E-state index < -0.39 is 74.7 Å². The Balaban J connectivity index is 1.77. The van der Waals surface area contributed by atoms with Crippen LogP contribution in [0.2, 0.25) is 0 Å². The summed E-state index contributed by atoms with van der Waals surface area (Å²) in [6.45, 7) is 0. The number of phenolic OH excluding ortho intramolecular Hbond substituents is 1. The molecule has 0 spiro atoms. The predicted molar refractivity (Wildman–Crippen MR) is 150 cm³/mol. The Morgan fingerprint density at radius 3 is 2.24 bits per heavy atom. The molecule has 0 aliphatic heterocycles. The van der Waals surface area contributed by atoms with Gasteiger partial charge in [0.25, 0.3) is 5.91 Å². The molecule has 2 aromatic carbocycles. The lowest BCUT2D eigenvalue weighted by atomic mass is 9.57. The molecule has 3 aliphatic carbocycles. The van der Waals surface area contributed by atoms with Gasteiger partial charge in [0.1, 0.15) is 17.1 Å². The van der Waals surface area contributed by atoms with E-state index in [1.54, 1.807) is 12.1 Å². The maximum atomic E-state index is 14.0. The van der Waals surface area contributed by atoms with Crippen molar-refractivity contribution in [2.75, 3.05) is 33.1 Å². The summed E-state index contributed by atoms with van der Waals surface area (Å²) in [5.41, 5.74) is 2.78. The third-order valence-electron chi connectivity index (χ3n) is 8.65. The summed E-state index contributed by atoms with van der Waals surface area (Å²) in [6.07, 6.45) is -0.0427. The van der Waals surface area contributed by atoms with Crippen LogP contribution in [0.5, 0.6) is 5.75 Å². The molecule has 5 atom stereocenters. The number of aliphatic hydroxyl groups is 3. The first-order chi connectivity index (χ1) is 19.6. The molecule has 0 saturated heterocycles. The summed E-state index contributed by atoms with van der Waals surface area (Å²) in [5.74, 6) is -8.05. The van der Waals surface area contributed by atoms with Crippen LogP contribution in [0.25, 0.3) is 16.9 Å². The number of aliphatic hydroxyl groups excluding tert-OH is 2. The van der Waals surface area contributed by atoms with Crippen molar-refractivity contribution >= 4 is 34.6 Å². The van der Waals surface area contributed by atoms with E-state index in [-0.39, 0.29) is 24.0 Å². The Morgan fingerprint density at radius 2 is 1.71 bits per heavy atom. The highest BCUT2D eigenvalue weighted by Crippen LogP contribution is 2.54. The minimum absolute atomic E-state index is 0.0345. The number of rotatable bonds is 5. The molecule has 0 radical (unpaired) electrons. The number of anilines is 1. The Kier molecular flexibility index (Phi) is 6.91. The molecular formula is C29H32N4O9. The van der Waals surface area contributed by atoms with Gasteiger partial charge in [0, 0.05) is 37.3 Å². The highest BCUT2D eigenvalue weighted by molar-refractivity contribution is 6.24. The number of carbonyl (C=O) groups excluding carboxylic acids is 3. The van der Waals surface area contributed by atoms with E-state index in [0.717, 1.165) is 5.69 Å². The van der Waals surface area contributed by atoms with Gasteiger partial charge in [-0.1, -0.05) is 12.1 Å². The molecule has 1 fully saturated rings. The smallest absolute Gasteiger partial charge is 0.255 e. The van der Waals surface area contributed by atoms with Crippen molar-refractivity contribution in [3.63, 3.8) is 0 Å². The first-order valence-corrected chi connectivity index (χ1v) is 13.2. The Bertz CT molecular complexity index is 1590. The lowest BCUT2D eigenvalue weighted by molar-refractivity contribution is -0.991. The highest BCUT2D eigenvalue weighted by Gasteiger charge is 2.64. The number of benzene rings is 2. The summed E-state index contributed by atoms with van der Waals surface area (Å²) in [7, 11) is 6.77. The predicted octanol–water partition coefficient (Wildman–Crippen LogP) is 0.100. The topological polar surface area (TPSA) is 212 Å². The zero-order valence-corrected chi connectivity index (χ0v) is 23.4. The zero-order valence-electron chi connectivity index (χ0n) is 23.4. The molecule has 0 bridgehead atoms. The van der Waals surface area contributed by atoms with Crippen LogP contribution in [-0.4, -0.2) is 87.8 Å². The van der Waals surface area contributed by atoms with Crippen LogP contribution in [0.4, 0.5) is 11.4 Å². The molecule has 0 heterocycles. The molecule has 0 aromatic heterocycles. The summed E-state index contributed by atoms with van der Waals surface area (Å²) in [4.78, 5) is 42.8. The number of aromatic hydroxyl groups is 1. The monoisotopic (exact) mass is 580 g/mol. The first kappa shape index (κ1) is 29.2. The van der Waals surface area contributed by atoms with E-state index in [4.69, 9.17) is 5.73 Å². The molecule has 13 nitrogen and oxygen atoms in total. The third-order valence-corrected chi connectivity index (χ3v) is 8.65. The zero-order chi connectivity index (χ0) is 31.0. The second-order valence-corrected chi connectivity index (χ2v) is 11.4. The van der Waals surface area contributed by atoms with Gasteiger partial charge in [0.05, 0.1) is 11.6 Å². The van der Waals surface area contributed by atoms with Gasteiger partial charge in [-0.25, -0.2) is 5.21 Å². The molecule has 2 unspecified atom stereocenters. The standard InChI is InChI=1S/C29H32N4O9/c1-31(2)14-7-5-12(6-8-14)15-11-18(33(41)42)23(34)20-16(15)9-13-10-17-22(32(3)4)25(36)21(28(30)39)27(38)29(17,40)26(37)19(13)24(20)35/h5-8,11,13,17,22,33-35,38,40-41H,9-10H2,1-4H3,(H2,30,39)/t13-,17-,22?,29-/m0/s1. The van der Waals surface area contributed by atoms with Gasteiger partial charge in [-0.05, 0) is 61.7 Å². The van der Waals surface area contributed by atoms with Crippen molar-refractivity contribution in [2.24, 2.45) is 17.6 Å². The number of hydrogen-bond donors (Lipinski definition) is 7. The SMILES string of the molecule is CN(C)c1ccc(-c2cc([NH+]([O-])O)c(O)c3c2C[C@H]2C[C@H]4C(N(C)C)C(=O)C(C(N)=O)=C(O)[C@@]4(O)C(=O)C2=C3O)cc1. The second-order valence-electron chi connectivity index (χ2n) is 11.4. The minimum Gasteiger partial charge on any atom is -0.595 e. The molecule has 222 valence electrons. The van der Waals surface area contributed by atoms with Crippen molar-refractivity contribution in [1.29, 1.82) is 0 Å². The second kappa shape index (κ2) is 9.93. The van der Waals surface area contributed by atoms with Crippen LogP contribution in [0.15, 0.2) is 47.2 Å². The van der Waals surface area contributed by atoms with Crippen LogP contribution < -0.4 is 15.9 Å². The fourth-order valence-electron chi connectivity index (χ4n) is 6.67. The van der Waals surface area contributed by atoms with Crippen LogP contribution in [-0.2, 0) is 20.8 Å². The molecule has 13 heteroatoms. The summed E-state index contributed by atoms with van der Waals surface area (Å²) in [6, 6.07) is 7.29. The lowest BCUT2D eigenvalue weighted by Gasteiger charge is -2.50. The van der Waals surface area contributed by atoms with Gasteiger partial charge in [-0.15, -0.1) is 0 Å². The largest absolute Gasteiger partial charge is 0.595 e. The number of likely N-dealkylation sites (N-methyl/N-ethyl adjacent to an activating group) is 1. The number of carbonyl (C=O) groups is 3. The molecule has 2 aromatic rings. The summed E-state index contributed by atoms with van der Waals surface area (Å²) < 4.78 is 0. The molecule has 5 rings (SSSR count). The lowest BCUT2D eigenvalue weighted by Crippen LogP contribution is -2.99. The van der Waals surface area contributed by atoms with E-state index in [0.29, 0.717) is 16.7 Å². The van der Waals surface area contributed by atoms with Gasteiger partial charge < -0.3 is 36.3 Å². The quantitative estimate of drug-likeness (QED) is 0.143. The van der Waals surface area contributed by atoms with Crippen LogP contribution in [0, 0.1) is 17.0 Å². The molecular weight excluding hydrogens is 548 g/mol. The normalized spacial score (nSPS) is 26.1. The fourth-order valence-corrected chi connectivity index (χ4v) is 6.67. The van der Waals surface area contributed by atoms with Crippen LogP contribution in [0.3, 0.4) is 0 Å². The van der Waals surface area contributed by atoms with Crippen LogP contribution in [0.1, 0.15) is 17.5 Å². The van der Waals surface area contributed by atoms with Gasteiger partial charge >= 0.3 is 0 Å². The maximum absolute atomic E-state index is 14.0. The van der Waals surface area contributed by atoms with E-state index in [1.165, 1.54) is 25.1 Å². The number of quaternary nitrogens is 1. The number of Topliss-reactive ketones (excluding diaryl/α,β-unsaturated/α-hetero) is 2. The van der Waals surface area contributed by atoms with Crippen molar-refractivity contribution in [3.05, 3.63) is 63.6 Å². The maximum Gasteiger partial charge on any atom is 0.255 e. The Labute approximate surface area is 240 Å². The number of primary amides is 1. The number of phenols is 1. The van der Waals surface area contributed by atoms with Gasteiger partial charge in [0.2, 0.25) is 11.5 Å². The summed E-state index contributed by atoms with van der Waals surface area (Å²) in [5, 5.41) is 65.8. The van der Waals surface area contributed by atoms with Crippen LogP contribution >= 0.6 is 0 Å². The average molecular weight is 581 g/mol. The molecule has 3 aliphatic rings. The number of nitrogens with zero attached hydrogens (tertiary/aromatic N) is 2. The first-order valence-electron chi connectivity index (χ1n) is 13.2. The van der Waals surface area contributed by atoms with E-state index in [9.17, 15) is 45.2 Å². The number of ketones is 2. The minimum atomic E-state index is -2.78. The van der Waals surface area contributed by atoms with Crippen molar-refractivity contribution in [1.82, 2.24) is 4.90 Å². The van der Waals surface area contributed by atoms with Crippen molar-refractivity contribution in [2.45, 2.75) is 24.5 Å². The Morgan fingerprint density at radius 1 is 1.10 bits per heavy atom. The van der Waals surface area contributed by atoms with E-state index >= 15 is 0 Å². The summed E-state index contributed by atoms with van der Waals surface area (Å²) >= 11 is 0. The van der Waals surface area contributed by atoms with E-state index in [2.05, 4.69) is 0 Å². The number of hydrogen-bond acceptors (Lipinski definition) is 11. The van der Waals surface area contributed by atoms with Gasteiger partial charge in [-0.3, -0.25) is 19.3 Å². The fraction of sp³-hybridized carbons (Fsp3) is 0.345. The van der Waals surface area contributed by atoms with Gasteiger partial charge in [0.15, 0.2) is 17.1 Å². The molecule has 1 saturated carbocycles. The van der Waals surface area contributed by atoms with E-state index in [1.807, 2.05) is 31.1 Å². The number of fused-ring (bicyclic) bond motifs is 3. The molecule has 8 N–H and O–H groups in total. The molecule has 1 amide bonds. The third kappa shape index (κ3) is 4.01. The molecule has 42 heavy (non-hydrogen) atoms. The highest BCUT2D eigenvalue weighted by atomic mass is 16.8.